The van der Waals surface area contributed by atoms with E-state index in [0.29, 0.717) is 0 Å². The van der Waals surface area contributed by atoms with Gasteiger partial charge in [0.1, 0.15) is 11.5 Å². The van der Waals surface area contributed by atoms with Crippen molar-refractivity contribution in [1.82, 2.24) is 0 Å². The lowest BCUT2D eigenvalue weighted by atomic mass is 10.1. The van der Waals surface area contributed by atoms with E-state index in [1.807, 2.05) is 36.4 Å². The van der Waals surface area contributed by atoms with E-state index in [1.165, 1.54) is 11.1 Å². The Morgan fingerprint density at radius 1 is 0.789 bits per heavy atom. The van der Waals surface area contributed by atoms with Crippen molar-refractivity contribution < 1.29 is 4.74 Å². The first kappa shape index (κ1) is 13.2. The molecule has 0 atom stereocenters. The summed E-state index contributed by atoms with van der Waals surface area (Å²) in [6.07, 6.45) is 3.62. The van der Waals surface area contributed by atoms with Crippen molar-refractivity contribution in [3.63, 3.8) is 0 Å². The van der Waals surface area contributed by atoms with Crippen LogP contribution in [-0.4, -0.2) is 0 Å². The highest BCUT2D eigenvalue weighted by Gasteiger charge is 2.06. The fourth-order valence-electron chi connectivity index (χ4n) is 1.96. The molecule has 0 unspecified atom stereocenters. The van der Waals surface area contributed by atoms with Gasteiger partial charge in [-0.15, -0.1) is 0 Å². The van der Waals surface area contributed by atoms with Gasteiger partial charge in [-0.2, -0.15) is 0 Å². The van der Waals surface area contributed by atoms with Crippen LogP contribution < -0.4 is 4.74 Å². The fourth-order valence-corrected chi connectivity index (χ4v) is 1.96. The molecule has 0 radical (unpaired) electrons. The van der Waals surface area contributed by atoms with E-state index in [4.69, 9.17) is 4.74 Å². The van der Waals surface area contributed by atoms with Gasteiger partial charge in [0, 0.05) is 11.1 Å². The first-order valence-electron chi connectivity index (χ1n) is 6.28. The minimum atomic E-state index is 0.813. The van der Waals surface area contributed by atoms with Gasteiger partial charge in [0.2, 0.25) is 0 Å². The second kappa shape index (κ2) is 5.57. The fraction of sp³-hybridized carbons (Fsp3) is 0.111. The Bertz CT molecular complexity index is 568. The number of hydrogen-bond donors (Lipinski definition) is 0. The molecule has 0 fully saturated rings. The molecule has 0 heterocycles. The Morgan fingerprint density at radius 3 is 1.58 bits per heavy atom. The van der Waals surface area contributed by atoms with Crippen LogP contribution in [0.1, 0.15) is 22.3 Å². The lowest BCUT2D eigenvalue weighted by Gasteiger charge is -2.12. The highest BCUT2D eigenvalue weighted by Crippen LogP contribution is 2.30. The molecule has 2 aromatic carbocycles. The maximum atomic E-state index is 5.99. The summed E-state index contributed by atoms with van der Waals surface area (Å²) in [5, 5.41) is 0. The van der Waals surface area contributed by atoms with Gasteiger partial charge in [0.15, 0.2) is 0 Å². The van der Waals surface area contributed by atoms with E-state index in [0.717, 1.165) is 22.6 Å². The van der Waals surface area contributed by atoms with Gasteiger partial charge in [-0.1, -0.05) is 48.6 Å². The topological polar surface area (TPSA) is 9.23 Å². The van der Waals surface area contributed by atoms with Gasteiger partial charge in [-0.25, -0.2) is 0 Å². The molecule has 0 aromatic heterocycles. The number of benzene rings is 2. The second-order valence-corrected chi connectivity index (χ2v) is 4.59. The molecule has 2 aromatic rings. The zero-order valence-corrected chi connectivity index (χ0v) is 11.4. The number of hydrogen-bond acceptors (Lipinski definition) is 1. The monoisotopic (exact) mass is 250 g/mol. The summed E-state index contributed by atoms with van der Waals surface area (Å²) in [4.78, 5) is 0. The summed E-state index contributed by atoms with van der Waals surface area (Å²) in [6.45, 7) is 11.8. The van der Waals surface area contributed by atoms with E-state index < -0.39 is 0 Å². The summed E-state index contributed by atoms with van der Waals surface area (Å²) < 4.78 is 5.99. The number of rotatable bonds is 4. The average Bonchev–Trinajstić information content (AvgIpc) is 2.42. The molecular formula is C18H18O. The molecule has 19 heavy (non-hydrogen) atoms. The van der Waals surface area contributed by atoms with Crippen LogP contribution in [0.5, 0.6) is 11.5 Å². The molecule has 0 aliphatic heterocycles. The molecule has 2 rings (SSSR count). The maximum Gasteiger partial charge on any atom is 0.134 e. The van der Waals surface area contributed by atoms with E-state index in [1.54, 1.807) is 0 Å². The first-order valence-corrected chi connectivity index (χ1v) is 6.28. The molecule has 0 bridgehead atoms. The normalized spacial score (nSPS) is 10.0. The minimum absolute atomic E-state index is 0.813. The molecule has 0 aliphatic rings. The minimum Gasteiger partial charge on any atom is -0.456 e. The molecule has 0 N–H and O–H groups in total. The van der Waals surface area contributed by atoms with Crippen LogP contribution in [0, 0.1) is 13.8 Å². The number of ether oxygens (including phenoxy) is 1. The van der Waals surface area contributed by atoms with Gasteiger partial charge in [-0.3, -0.25) is 0 Å². The molecular weight excluding hydrogens is 232 g/mol. The van der Waals surface area contributed by atoms with E-state index >= 15 is 0 Å². The Labute approximate surface area is 114 Å². The summed E-state index contributed by atoms with van der Waals surface area (Å²) in [5.41, 5.74) is 4.37. The predicted octanol–water partition coefficient (Wildman–Crippen LogP) is 5.38. The smallest absolute Gasteiger partial charge is 0.134 e. The number of aryl methyl sites for hydroxylation is 2. The highest BCUT2D eigenvalue weighted by atomic mass is 16.5. The second-order valence-electron chi connectivity index (χ2n) is 4.59. The van der Waals surface area contributed by atoms with Crippen molar-refractivity contribution in [2.45, 2.75) is 13.8 Å². The molecule has 0 aliphatic carbocycles. The Balaban J connectivity index is 2.41. The quantitative estimate of drug-likeness (QED) is 0.707. The van der Waals surface area contributed by atoms with E-state index in [-0.39, 0.29) is 0 Å². The summed E-state index contributed by atoms with van der Waals surface area (Å²) in [6, 6.07) is 12.1. The summed E-state index contributed by atoms with van der Waals surface area (Å²) in [5.74, 6) is 1.63. The third kappa shape index (κ3) is 2.94. The summed E-state index contributed by atoms with van der Waals surface area (Å²) >= 11 is 0. The van der Waals surface area contributed by atoms with Crippen LogP contribution in [0.25, 0.3) is 12.2 Å². The molecule has 0 saturated heterocycles. The molecule has 96 valence electrons. The van der Waals surface area contributed by atoms with Crippen molar-refractivity contribution in [2.75, 3.05) is 0 Å². The Hall–Kier alpha value is -2.28. The van der Waals surface area contributed by atoms with Crippen molar-refractivity contribution in [3.8, 4) is 11.5 Å². The van der Waals surface area contributed by atoms with Gasteiger partial charge < -0.3 is 4.74 Å². The zero-order valence-electron chi connectivity index (χ0n) is 11.4. The summed E-state index contributed by atoms with van der Waals surface area (Å²) in [7, 11) is 0. The van der Waals surface area contributed by atoms with Crippen LogP contribution in [0.4, 0.5) is 0 Å². The lowest BCUT2D eigenvalue weighted by Crippen LogP contribution is -1.91. The molecule has 1 nitrogen and oxygen atoms in total. The van der Waals surface area contributed by atoms with Gasteiger partial charge in [-0.05, 0) is 38.1 Å². The van der Waals surface area contributed by atoms with Crippen LogP contribution in [0.2, 0.25) is 0 Å². The van der Waals surface area contributed by atoms with Gasteiger partial charge >= 0.3 is 0 Å². The van der Waals surface area contributed by atoms with Crippen molar-refractivity contribution >= 4 is 12.2 Å². The lowest BCUT2D eigenvalue weighted by molar-refractivity contribution is 0.480. The zero-order chi connectivity index (χ0) is 13.8. The Morgan fingerprint density at radius 2 is 1.21 bits per heavy atom. The third-order valence-corrected chi connectivity index (χ3v) is 2.99. The van der Waals surface area contributed by atoms with Crippen LogP contribution in [-0.2, 0) is 0 Å². The van der Waals surface area contributed by atoms with Gasteiger partial charge in [0.05, 0.1) is 0 Å². The highest BCUT2D eigenvalue weighted by molar-refractivity contribution is 5.61. The van der Waals surface area contributed by atoms with Crippen molar-refractivity contribution in [2.24, 2.45) is 0 Å². The molecule has 1 heteroatoms. The molecule has 0 spiro atoms. The maximum absolute atomic E-state index is 5.99. The third-order valence-electron chi connectivity index (χ3n) is 2.99. The Kier molecular flexibility index (Phi) is 3.86. The standard InChI is InChI=1S/C18H18O/c1-5-15-11-13(3)7-9-17(15)19-18-10-8-14(4)12-16(18)6-2/h5-12H,1-2H2,3-4H3. The largest absolute Gasteiger partial charge is 0.456 e. The predicted molar refractivity (Wildman–Crippen MR) is 82.6 cm³/mol. The van der Waals surface area contributed by atoms with Crippen LogP contribution >= 0.6 is 0 Å². The van der Waals surface area contributed by atoms with E-state index in [2.05, 4.69) is 39.1 Å². The van der Waals surface area contributed by atoms with Crippen LogP contribution in [0.3, 0.4) is 0 Å². The van der Waals surface area contributed by atoms with Crippen molar-refractivity contribution in [1.29, 1.82) is 0 Å². The average molecular weight is 250 g/mol. The van der Waals surface area contributed by atoms with Gasteiger partial charge in [0.25, 0.3) is 0 Å². The van der Waals surface area contributed by atoms with E-state index in [9.17, 15) is 0 Å². The SMILES string of the molecule is C=Cc1cc(C)ccc1Oc1ccc(C)cc1C=C. The molecule has 0 amide bonds. The van der Waals surface area contributed by atoms with Crippen molar-refractivity contribution in [3.05, 3.63) is 71.8 Å². The molecule has 0 saturated carbocycles. The first-order chi connectivity index (χ1) is 9.13. The van der Waals surface area contributed by atoms with Crippen LogP contribution in [0.15, 0.2) is 49.6 Å².